The molecule has 1 N–H and O–H groups in total. The average molecular weight is 543 g/mol. The maximum atomic E-state index is 12.6. The standard InChI is InChI=1S/C31H34N4O3S/c1-21-24(9-14-29(32-21)39-27-12-7-23(8-13-27)30(36)33-25-10-11-25)19-34-17-15-26(16-18-34)35-28(20-38-31(35)37)22-5-3-2-4-6-22/h2-9,12-14,25-26,28H,10-11,15-20H2,1H3,(H,33,36). The number of nitrogens with one attached hydrogen (secondary N) is 1. The number of amides is 2. The number of ether oxygens (including phenoxy) is 1. The van der Waals surface area contributed by atoms with Crippen LogP contribution in [0.4, 0.5) is 4.79 Å². The molecule has 0 spiro atoms. The lowest BCUT2D eigenvalue weighted by Crippen LogP contribution is -2.46. The van der Waals surface area contributed by atoms with Gasteiger partial charge in [0.1, 0.15) is 11.6 Å². The summed E-state index contributed by atoms with van der Waals surface area (Å²) in [4.78, 5) is 35.2. The minimum absolute atomic E-state index is 0.00263. The van der Waals surface area contributed by atoms with Crippen LogP contribution in [0, 0.1) is 6.92 Å². The van der Waals surface area contributed by atoms with E-state index in [1.54, 1.807) is 11.8 Å². The maximum Gasteiger partial charge on any atom is 0.410 e. The van der Waals surface area contributed by atoms with Crippen molar-refractivity contribution in [2.45, 2.75) is 67.2 Å². The Morgan fingerprint density at radius 2 is 1.74 bits per heavy atom. The molecule has 2 aromatic carbocycles. The van der Waals surface area contributed by atoms with Crippen LogP contribution in [0.25, 0.3) is 0 Å². The van der Waals surface area contributed by atoms with Gasteiger partial charge in [-0.15, -0.1) is 0 Å². The highest BCUT2D eigenvalue weighted by atomic mass is 32.2. The Bertz CT molecular complexity index is 1320. The molecular formula is C31H34N4O3S. The number of hydrogen-bond donors (Lipinski definition) is 1. The fourth-order valence-electron chi connectivity index (χ4n) is 5.45. The topological polar surface area (TPSA) is 74.8 Å². The van der Waals surface area contributed by atoms with Crippen LogP contribution in [-0.2, 0) is 11.3 Å². The zero-order chi connectivity index (χ0) is 26.8. The fraction of sp³-hybridized carbons (Fsp3) is 0.387. The lowest BCUT2D eigenvalue weighted by molar-refractivity contribution is 0.0950. The van der Waals surface area contributed by atoms with E-state index in [0.717, 1.165) is 66.5 Å². The summed E-state index contributed by atoms with van der Waals surface area (Å²) < 4.78 is 5.46. The molecule has 3 fully saturated rings. The van der Waals surface area contributed by atoms with Crippen molar-refractivity contribution in [3.8, 4) is 0 Å². The number of carbonyl (C=O) groups is 2. The SMILES string of the molecule is Cc1nc(Sc2ccc(C(=O)NC3CC3)cc2)ccc1CN1CCC(N2C(=O)OCC2c2ccccc2)CC1. The van der Waals surface area contributed by atoms with Gasteiger partial charge in [0.05, 0.1) is 6.04 Å². The van der Waals surface area contributed by atoms with Crippen LogP contribution < -0.4 is 5.32 Å². The van der Waals surface area contributed by atoms with Crippen LogP contribution >= 0.6 is 11.8 Å². The van der Waals surface area contributed by atoms with Crippen LogP contribution in [0.3, 0.4) is 0 Å². The Kier molecular flexibility index (Phi) is 7.57. The molecule has 1 aromatic heterocycles. The molecule has 3 heterocycles. The van der Waals surface area contributed by atoms with E-state index in [9.17, 15) is 9.59 Å². The highest BCUT2D eigenvalue weighted by Gasteiger charge is 2.40. The molecule has 6 rings (SSSR count). The van der Waals surface area contributed by atoms with Crippen LogP contribution in [-0.4, -0.2) is 58.6 Å². The van der Waals surface area contributed by atoms with E-state index in [1.165, 1.54) is 5.56 Å². The Labute approximate surface area is 233 Å². The van der Waals surface area contributed by atoms with Gasteiger partial charge in [0.15, 0.2) is 0 Å². The zero-order valence-corrected chi connectivity index (χ0v) is 23.0. The summed E-state index contributed by atoms with van der Waals surface area (Å²) in [5.74, 6) is 0.00720. The number of nitrogens with zero attached hydrogens (tertiary/aromatic N) is 3. The van der Waals surface area contributed by atoms with Gasteiger partial charge in [-0.25, -0.2) is 9.78 Å². The Balaban J connectivity index is 1.02. The number of carbonyl (C=O) groups excluding carboxylic acids is 2. The van der Waals surface area contributed by atoms with Gasteiger partial charge in [-0.2, -0.15) is 0 Å². The molecule has 1 unspecified atom stereocenters. The second-order valence-electron chi connectivity index (χ2n) is 10.7. The number of cyclic esters (lactones) is 1. The van der Waals surface area contributed by atoms with Crippen LogP contribution in [0.5, 0.6) is 0 Å². The number of benzene rings is 2. The van der Waals surface area contributed by atoms with Gasteiger partial charge in [0, 0.05) is 47.9 Å². The first-order chi connectivity index (χ1) is 19.0. The van der Waals surface area contributed by atoms with E-state index in [-0.39, 0.29) is 24.1 Å². The second-order valence-corrected chi connectivity index (χ2v) is 11.8. The van der Waals surface area contributed by atoms with Gasteiger partial charge in [-0.3, -0.25) is 14.6 Å². The minimum Gasteiger partial charge on any atom is -0.447 e. The summed E-state index contributed by atoms with van der Waals surface area (Å²) in [7, 11) is 0. The average Bonchev–Trinajstić information content (AvgIpc) is 3.69. The van der Waals surface area contributed by atoms with Crippen molar-refractivity contribution in [2.75, 3.05) is 19.7 Å². The molecule has 1 saturated carbocycles. The number of rotatable bonds is 8. The molecule has 3 aromatic rings. The van der Waals surface area contributed by atoms with Gasteiger partial charge in [-0.05, 0) is 74.1 Å². The summed E-state index contributed by atoms with van der Waals surface area (Å²) in [6.45, 7) is 5.23. The molecule has 1 atom stereocenters. The molecule has 1 aliphatic carbocycles. The van der Waals surface area contributed by atoms with Crippen molar-refractivity contribution in [1.29, 1.82) is 0 Å². The van der Waals surface area contributed by atoms with Crippen molar-refractivity contribution in [2.24, 2.45) is 0 Å². The van der Waals surface area contributed by atoms with Gasteiger partial charge >= 0.3 is 6.09 Å². The summed E-state index contributed by atoms with van der Waals surface area (Å²) in [5.41, 5.74) is 4.11. The zero-order valence-electron chi connectivity index (χ0n) is 22.2. The van der Waals surface area contributed by atoms with Crippen LogP contribution in [0.1, 0.15) is 58.9 Å². The van der Waals surface area contributed by atoms with Crippen molar-refractivity contribution in [3.05, 3.63) is 89.1 Å². The van der Waals surface area contributed by atoms with E-state index in [1.807, 2.05) is 47.4 Å². The fourth-order valence-corrected chi connectivity index (χ4v) is 6.28. The van der Waals surface area contributed by atoms with E-state index in [0.29, 0.717) is 18.2 Å². The third-order valence-electron chi connectivity index (χ3n) is 7.86. The summed E-state index contributed by atoms with van der Waals surface area (Å²) in [6, 6.07) is 22.8. The first kappa shape index (κ1) is 25.9. The minimum atomic E-state index is -0.188. The van der Waals surface area contributed by atoms with Crippen molar-refractivity contribution >= 4 is 23.8 Å². The number of aryl methyl sites for hydroxylation is 1. The van der Waals surface area contributed by atoms with E-state index >= 15 is 0 Å². The van der Waals surface area contributed by atoms with Crippen molar-refractivity contribution in [3.63, 3.8) is 0 Å². The molecule has 39 heavy (non-hydrogen) atoms. The Morgan fingerprint density at radius 3 is 2.44 bits per heavy atom. The lowest BCUT2D eigenvalue weighted by atomic mass is 9.99. The predicted molar refractivity (Wildman–Crippen MR) is 151 cm³/mol. The van der Waals surface area contributed by atoms with E-state index in [4.69, 9.17) is 9.72 Å². The molecule has 2 aliphatic heterocycles. The van der Waals surface area contributed by atoms with Gasteiger partial charge in [0.2, 0.25) is 0 Å². The Hall–Kier alpha value is -3.36. The van der Waals surface area contributed by atoms with Crippen LogP contribution in [0.2, 0.25) is 0 Å². The number of piperidine rings is 1. The third kappa shape index (κ3) is 6.12. The molecule has 202 valence electrons. The number of hydrogen-bond acceptors (Lipinski definition) is 6. The molecular weight excluding hydrogens is 508 g/mol. The second kappa shape index (κ2) is 11.4. The summed E-state index contributed by atoms with van der Waals surface area (Å²) >= 11 is 1.61. The molecule has 0 bridgehead atoms. The van der Waals surface area contributed by atoms with Gasteiger partial charge in [-0.1, -0.05) is 48.2 Å². The molecule has 2 saturated heterocycles. The molecule has 2 amide bonds. The van der Waals surface area contributed by atoms with Crippen molar-refractivity contribution in [1.82, 2.24) is 20.1 Å². The quantitative estimate of drug-likeness (QED) is 0.400. The Morgan fingerprint density at radius 1 is 1.00 bits per heavy atom. The maximum absolute atomic E-state index is 12.6. The smallest absolute Gasteiger partial charge is 0.410 e. The van der Waals surface area contributed by atoms with Crippen molar-refractivity contribution < 1.29 is 14.3 Å². The largest absolute Gasteiger partial charge is 0.447 e. The van der Waals surface area contributed by atoms with Gasteiger partial charge < -0.3 is 10.1 Å². The normalized spacial score (nSPS) is 20.2. The summed E-state index contributed by atoms with van der Waals surface area (Å²) in [6.07, 6.45) is 3.86. The first-order valence-corrected chi connectivity index (χ1v) is 14.6. The third-order valence-corrected chi connectivity index (χ3v) is 8.81. The lowest BCUT2D eigenvalue weighted by Gasteiger charge is -2.38. The van der Waals surface area contributed by atoms with E-state index in [2.05, 4.69) is 41.4 Å². The monoisotopic (exact) mass is 542 g/mol. The molecule has 0 radical (unpaired) electrons. The first-order valence-electron chi connectivity index (χ1n) is 13.8. The molecule has 7 nitrogen and oxygen atoms in total. The van der Waals surface area contributed by atoms with Gasteiger partial charge in [0.25, 0.3) is 5.91 Å². The number of aromatic nitrogens is 1. The van der Waals surface area contributed by atoms with Crippen LogP contribution in [0.15, 0.2) is 76.7 Å². The van der Waals surface area contributed by atoms with E-state index < -0.39 is 0 Å². The predicted octanol–water partition coefficient (Wildman–Crippen LogP) is 5.59. The number of pyridine rings is 1. The highest BCUT2D eigenvalue weighted by molar-refractivity contribution is 7.99. The highest BCUT2D eigenvalue weighted by Crippen LogP contribution is 2.34. The molecule has 3 aliphatic rings. The summed E-state index contributed by atoms with van der Waals surface area (Å²) in [5, 5.41) is 3.98. The number of likely N-dealkylation sites (tertiary alicyclic amines) is 1. The molecule has 8 heteroatoms.